The van der Waals surface area contributed by atoms with Gasteiger partial charge in [-0.2, -0.15) is 5.26 Å². The summed E-state index contributed by atoms with van der Waals surface area (Å²) in [5, 5.41) is 10.1. The lowest BCUT2D eigenvalue weighted by Gasteiger charge is -2.34. The summed E-state index contributed by atoms with van der Waals surface area (Å²) in [6, 6.07) is 19.7. The molecule has 5 rings (SSSR count). The second kappa shape index (κ2) is 11.9. The highest BCUT2D eigenvalue weighted by Gasteiger charge is 2.21. The number of benzene rings is 3. The number of amides is 1. The number of hydrogen-bond acceptors (Lipinski definition) is 8. The molecule has 1 saturated heterocycles. The number of piperazine rings is 1. The van der Waals surface area contributed by atoms with E-state index in [-0.39, 0.29) is 5.91 Å². The van der Waals surface area contributed by atoms with Crippen LogP contribution in [0.15, 0.2) is 60.8 Å². The fraction of sp³-hybridized carbons (Fsp3) is 0.290. The van der Waals surface area contributed by atoms with Crippen molar-refractivity contribution >= 4 is 22.8 Å². The van der Waals surface area contributed by atoms with Crippen LogP contribution in [0.4, 0.5) is 5.82 Å². The third-order valence-corrected chi connectivity index (χ3v) is 7.13. The predicted molar refractivity (Wildman–Crippen MR) is 152 cm³/mol. The van der Waals surface area contributed by atoms with Crippen LogP contribution in [-0.4, -0.2) is 61.2 Å². The third-order valence-electron chi connectivity index (χ3n) is 7.13. The van der Waals surface area contributed by atoms with E-state index < -0.39 is 0 Å². The van der Waals surface area contributed by atoms with Crippen LogP contribution in [0.25, 0.3) is 11.0 Å². The first kappa shape index (κ1) is 26.8. The minimum Gasteiger partial charge on any atom is -0.497 e. The highest BCUT2D eigenvalue weighted by Crippen LogP contribution is 2.31. The Bertz CT molecular complexity index is 1560. The average Bonchev–Trinajstić information content (AvgIpc) is 3.00. The molecule has 1 aliphatic rings. The number of hydrogen-bond donors (Lipinski definition) is 0. The van der Waals surface area contributed by atoms with Gasteiger partial charge in [-0.1, -0.05) is 24.3 Å². The molecule has 40 heavy (non-hydrogen) atoms. The largest absolute Gasteiger partial charge is 0.497 e. The standard InChI is InChI=1S/C31H31N5O4/c1-21(37)35-12-14-36(15-13-35)30-19-33-27-10-7-24(26(18-32)31(27)34-30)16-23-6-11-28(29(17-23)39-3)40-20-22-4-8-25(38-2)9-5-22/h4-11,17,19H,12-16,20H2,1-3H3. The summed E-state index contributed by atoms with van der Waals surface area (Å²) in [5.41, 5.74) is 4.62. The van der Waals surface area contributed by atoms with Gasteiger partial charge in [0.1, 0.15) is 29.8 Å². The molecule has 1 amide bonds. The quantitative estimate of drug-likeness (QED) is 0.327. The molecule has 4 aromatic rings. The summed E-state index contributed by atoms with van der Waals surface area (Å²) in [6.45, 7) is 4.62. The van der Waals surface area contributed by atoms with E-state index >= 15 is 0 Å². The maximum Gasteiger partial charge on any atom is 0.219 e. The van der Waals surface area contributed by atoms with E-state index in [1.807, 2.05) is 59.5 Å². The molecule has 0 unspecified atom stereocenters. The second-order valence-electron chi connectivity index (χ2n) is 9.60. The van der Waals surface area contributed by atoms with Crippen molar-refractivity contribution in [2.45, 2.75) is 20.0 Å². The molecule has 0 bridgehead atoms. The lowest BCUT2D eigenvalue weighted by Crippen LogP contribution is -2.48. The van der Waals surface area contributed by atoms with Gasteiger partial charge in [-0.05, 0) is 53.4 Å². The molecule has 3 aromatic carbocycles. The Labute approximate surface area is 233 Å². The zero-order valence-electron chi connectivity index (χ0n) is 22.9. The van der Waals surface area contributed by atoms with Crippen molar-refractivity contribution in [2.24, 2.45) is 0 Å². The highest BCUT2D eigenvalue weighted by atomic mass is 16.5. The second-order valence-corrected chi connectivity index (χ2v) is 9.60. The number of ether oxygens (including phenoxy) is 3. The number of carbonyl (C=O) groups is 1. The monoisotopic (exact) mass is 537 g/mol. The first-order valence-electron chi connectivity index (χ1n) is 13.1. The van der Waals surface area contributed by atoms with Crippen LogP contribution in [0.5, 0.6) is 17.2 Å². The first-order chi connectivity index (χ1) is 19.5. The Morgan fingerprint density at radius 2 is 1.70 bits per heavy atom. The van der Waals surface area contributed by atoms with Gasteiger partial charge < -0.3 is 24.0 Å². The normalized spacial score (nSPS) is 13.2. The van der Waals surface area contributed by atoms with E-state index in [1.54, 1.807) is 27.3 Å². The minimum atomic E-state index is 0.0779. The summed E-state index contributed by atoms with van der Waals surface area (Å²) in [6.07, 6.45) is 2.26. The third kappa shape index (κ3) is 5.76. The van der Waals surface area contributed by atoms with Crippen LogP contribution in [0, 0.1) is 11.3 Å². The molecule has 1 fully saturated rings. The van der Waals surface area contributed by atoms with E-state index in [4.69, 9.17) is 19.2 Å². The lowest BCUT2D eigenvalue weighted by molar-refractivity contribution is -0.129. The van der Waals surface area contributed by atoms with Gasteiger partial charge >= 0.3 is 0 Å². The smallest absolute Gasteiger partial charge is 0.219 e. The number of aromatic nitrogens is 2. The van der Waals surface area contributed by atoms with E-state index in [2.05, 4.69) is 16.0 Å². The molecule has 9 heteroatoms. The van der Waals surface area contributed by atoms with Gasteiger partial charge in [0, 0.05) is 33.1 Å². The van der Waals surface area contributed by atoms with Crippen LogP contribution >= 0.6 is 0 Å². The summed E-state index contributed by atoms with van der Waals surface area (Å²) in [7, 11) is 3.25. The van der Waals surface area contributed by atoms with Gasteiger partial charge in [0.25, 0.3) is 0 Å². The molecule has 2 heterocycles. The van der Waals surface area contributed by atoms with Crippen LogP contribution < -0.4 is 19.1 Å². The summed E-state index contributed by atoms with van der Waals surface area (Å²) >= 11 is 0. The fourth-order valence-electron chi connectivity index (χ4n) is 4.83. The van der Waals surface area contributed by atoms with Crippen LogP contribution in [0.1, 0.15) is 29.2 Å². The Morgan fingerprint density at radius 3 is 2.38 bits per heavy atom. The van der Waals surface area contributed by atoms with Crippen molar-refractivity contribution in [3.05, 3.63) is 83.0 Å². The maximum absolute atomic E-state index is 11.7. The highest BCUT2D eigenvalue weighted by molar-refractivity contribution is 5.83. The molecular formula is C31H31N5O4. The Balaban J connectivity index is 1.35. The Morgan fingerprint density at radius 1 is 0.950 bits per heavy atom. The van der Waals surface area contributed by atoms with Crippen molar-refractivity contribution in [3.63, 3.8) is 0 Å². The van der Waals surface area contributed by atoms with Gasteiger partial charge in [0.2, 0.25) is 5.91 Å². The van der Waals surface area contributed by atoms with Crippen LogP contribution in [-0.2, 0) is 17.8 Å². The van der Waals surface area contributed by atoms with Crippen LogP contribution in [0.3, 0.4) is 0 Å². The van der Waals surface area contributed by atoms with Crippen LogP contribution in [0.2, 0.25) is 0 Å². The summed E-state index contributed by atoms with van der Waals surface area (Å²) < 4.78 is 16.9. The fourth-order valence-corrected chi connectivity index (χ4v) is 4.83. The zero-order chi connectivity index (χ0) is 28.1. The summed E-state index contributed by atoms with van der Waals surface area (Å²) in [4.78, 5) is 25.0. The number of rotatable bonds is 8. The average molecular weight is 538 g/mol. The molecule has 0 N–H and O–H groups in total. The Hall–Kier alpha value is -4.84. The number of carbonyl (C=O) groups excluding carboxylic acids is 1. The molecule has 0 spiro atoms. The van der Waals surface area contributed by atoms with Crippen molar-refractivity contribution in [1.82, 2.24) is 14.9 Å². The van der Waals surface area contributed by atoms with Gasteiger partial charge in [0.05, 0.1) is 31.5 Å². The molecule has 1 aliphatic heterocycles. The van der Waals surface area contributed by atoms with Crippen molar-refractivity contribution in [3.8, 4) is 23.3 Å². The van der Waals surface area contributed by atoms with Gasteiger partial charge in [-0.3, -0.25) is 9.78 Å². The van der Waals surface area contributed by atoms with Crippen molar-refractivity contribution in [2.75, 3.05) is 45.3 Å². The van der Waals surface area contributed by atoms with Gasteiger partial charge in [0.15, 0.2) is 11.5 Å². The number of nitriles is 1. The molecule has 204 valence electrons. The molecule has 1 aromatic heterocycles. The van der Waals surface area contributed by atoms with Crippen molar-refractivity contribution < 1.29 is 19.0 Å². The Kier molecular flexibility index (Phi) is 7.97. The van der Waals surface area contributed by atoms with Gasteiger partial charge in [-0.25, -0.2) is 4.98 Å². The van der Waals surface area contributed by atoms with Crippen molar-refractivity contribution in [1.29, 1.82) is 5.26 Å². The number of nitrogens with zero attached hydrogens (tertiary/aromatic N) is 5. The van der Waals surface area contributed by atoms with E-state index in [0.29, 0.717) is 73.1 Å². The maximum atomic E-state index is 11.7. The number of anilines is 1. The number of fused-ring (bicyclic) bond motifs is 1. The predicted octanol–water partition coefficient (Wildman–Crippen LogP) is 4.36. The van der Waals surface area contributed by atoms with E-state index in [1.165, 1.54) is 0 Å². The topological polar surface area (TPSA) is 101 Å². The number of methoxy groups -OCH3 is 2. The first-order valence-corrected chi connectivity index (χ1v) is 13.1. The molecular weight excluding hydrogens is 506 g/mol. The molecule has 0 radical (unpaired) electrons. The molecule has 9 nitrogen and oxygen atoms in total. The molecule has 0 aliphatic carbocycles. The van der Waals surface area contributed by atoms with E-state index in [0.717, 1.165) is 22.4 Å². The van der Waals surface area contributed by atoms with E-state index in [9.17, 15) is 10.1 Å². The SMILES string of the molecule is COc1ccc(COc2ccc(Cc3ccc4ncc(N5CCN(C(C)=O)CC5)nc4c3C#N)cc2OC)cc1. The molecule has 0 saturated carbocycles. The molecule has 0 atom stereocenters. The minimum absolute atomic E-state index is 0.0779. The lowest BCUT2D eigenvalue weighted by atomic mass is 9.98. The zero-order valence-corrected chi connectivity index (χ0v) is 22.9. The van der Waals surface area contributed by atoms with Gasteiger partial charge in [-0.15, -0.1) is 0 Å². The summed E-state index contributed by atoms with van der Waals surface area (Å²) in [5.74, 6) is 2.85.